The molecule has 0 heterocycles. The number of aliphatic hydroxyl groups is 1. The number of benzene rings is 1. The normalized spacial score (nSPS) is 16.4. The van der Waals surface area contributed by atoms with Crippen LogP contribution in [0.4, 0.5) is 4.79 Å². The molecule has 21 heavy (non-hydrogen) atoms. The van der Waals surface area contributed by atoms with Crippen LogP contribution in [0.1, 0.15) is 32.3 Å². The molecule has 1 saturated carbocycles. The number of rotatable bonds is 6. The zero-order chi connectivity index (χ0) is 15.5. The molecule has 0 radical (unpaired) electrons. The molecule has 1 unspecified atom stereocenters. The van der Waals surface area contributed by atoms with E-state index in [1.807, 2.05) is 18.2 Å². The molecule has 0 bridgehead atoms. The van der Waals surface area contributed by atoms with Crippen LogP contribution in [-0.4, -0.2) is 41.3 Å². The highest BCUT2D eigenvalue weighted by atomic mass is 16.3. The van der Waals surface area contributed by atoms with Crippen LogP contribution in [0.15, 0.2) is 30.3 Å². The molecule has 116 valence electrons. The molecular formula is C17H26N2O2. The van der Waals surface area contributed by atoms with Crippen LogP contribution in [0.5, 0.6) is 0 Å². The summed E-state index contributed by atoms with van der Waals surface area (Å²) < 4.78 is 0. The smallest absolute Gasteiger partial charge is 0.317 e. The fourth-order valence-electron chi connectivity index (χ4n) is 2.62. The van der Waals surface area contributed by atoms with Gasteiger partial charge in [0.15, 0.2) is 0 Å². The zero-order valence-electron chi connectivity index (χ0n) is 13.2. The van der Waals surface area contributed by atoms with Crippen LogP contribution in [0, 0.1) is 5.92 Å². The van der Waals surface area contributed by atoms with Crippen molar-refractivity contribution in [3.05, 3.63) is 35.9 Å². The van der Waals surface area contributed by atoms with Crippen molar-refractivity contribution in [1.82, 2.24) is 10.2 Å². The second kappa shape index (κ2) is 6.48. The molecule has 0 aliphatic heterocycles. The van der Waals surface area contributed by atoms with Crippen LogP contribution in [-0.2, 0) is 6.42 Å². The first-order valence-electron chi connectivity index (χ1n) is 7.63. The summed E-state index contributed by atoms with van der Waals surface area (Å²) in [7, 11) is 1.72. The van der Waals surface area contributed by atoms with E-state index in [9.17, 15) is 9.90 Å². The van der Waals surface area contributed by atoms with Gasteiger partial charge in [-0.25, -0.2) is 4.79 Å². The van der Waals surface area contributed by atoms with Crippen molar-refractivity contribution in [3.63, 3.8) is 0 Å². The Kier molecular flexibility index (Phi) is 4.88. The molecule has 0 spiro atoms. The summed E-state index contributed by atoms with van der Waals surface area (Å²) in [6.45, 7) is 3.74. The van der Waals surface area contributed by atoms with Gasteiger partial charge in [0.1, 0.15) is 0 Å². The standard InChI is InChI=1S/C17H26N2O2/c1-17(2,21)12-19(3)16(20)18-15(14-9-10-14)11-13-7-5-4-6-8-13/h4-8,14-15,21H,9-12H2,1-3H3,(H,18,20). The van der Waals surface area contributed by atoms with Crippen LogP contribution in [0.3, 0.4) is 0 Å². The van der Waals surface area contributed by atoms with E-state index in [1.165, 1.54) is 18.4 Å². The monoisotopic (exact) mass is 290 g/mol. The zero-order valence-corrected chi connectivity index (χ0v) is 13.2. The molecular weight excluding hydrogens is 264 g/mol. The maximum Gasteiger partial charge on any atom is 0.317 e. The van der Waals surface area contributed by atoms with Crippen molar-refractivity contribution in [2.24, 2.45) is 5.92 Å². The van der Waals surface area contributed by atoms with Crippen LogP contribution >= 0.6 is 0 Å². The van der Waals surface area contributed by atoms with Crippen molar-refractivity contribution in [2.45, 2.75) is 44.8 Å². The quantitative estimate of drug-likeness (QED) is 0.845. The molecule has 2 amide bonds. The molecule has 4 nitrogen and oxygen atoms in total. The van der Waals surface area contributed by atoms with E-state index < -0.39 is 5.60 Å². The molecule has 1 fully saturated rings. The number of carbonyl (C=O) groups excluding carboxylic acids is 1. The minimum atomic E-state index is -0.874. The number of nitrogens with one attached hydrogen (secondary N) is 1. The Bertz CT molecular complexity index is 463. The average Bonchev–Trinajstić information content (AvgIpc) is 3.21. The van der Waals surface area contributed by atoms with E-state index in [2.05, 4.69) is 17.4 Å². The topological polar surface area (TPSA) is 52.6 Å². The first-order chi connectivity index (χ1) is 9.85. The molecule has 0 saturated heterocycles. The number of carbonyl (C=O) groups is 1. The lowest BCUT2D eigenvalue weighted by molar-refractivity contribution is 0.0526. The predicted molar refractivity (Wildman–Crippen MR) is 84.1 cm³/mol. The van der Waals surface area contributed by atoms with Gasteiger partial charge in [-0.1, -0.05) is 30.3 Å². The third-order valence-electron chi connectivity index (χ3n) is 3.77. The van der Waals surface area contributed by atoms with E-state index in [1.54, 1.807) is 25.8 Å². The van der Waals surface area contributed by atoms with Gasteiger partial charge in [0, 0.05) is 13.1 Å². The highest BCUT2D eigenvalue weighted by Crippen LogP contribution is 2.34. The van der Waals surface area contributed by atoms with Gasteiger partial charge < -0.3 is 15.3 Å². The second-order valence-corrected chi connectivity index (χ2v) is 6.75. The summed E-state index contributed by atoms with van der Waals surface area (Å²) in [4.78, 5) is 13.8. The maximum absolute atomic E-state index is 12.3. The number of hydrogen-bond acceptors (Lipinski definition) is 2. The van der Waals surface area contributed by atoms with E-state index in [0.29, 0.717) is 12.5 Å². The summed E-state index contributed by atoms with van der Waals surface area (Å²) in [5.41, 5.74) is 0.375. The Labute approximate surface area is 127 Å². The third kappa shape index (κ3) is 5.38. The van der Waals surface area contributed by atoms with Gasteiger partial charge in [0.25, 0.3) is 0 Å². The molecule has 2 N–H and O–H groups in total. The maximum atomic E-state index is 12.3. The summed E-state index contributed by atoms with van der Waals surface area (Å²) in [5, 5.41) is 12.9. The number of hydrogen-bond donors (Lipinski definition) is 2. The van der Waals surface area contributed by atoms with E-state index in [-0.39, 0.29) is 12.1 Å². The van der Waals surface area contributed by atoms with Crippen molar-refractivity contribution in [3.8, 4) is 0 Å². The Morgan fingerprint density at radius 3 is 2.52 bits per heavy atom. The van der Waals surface area contributed by atoms with E-state index in [4.69, 9.17) is 0 Å². The fraction of sp³-hybridized carbons (Fsp3) is 0.588. The highest BCUT2D eigenvalue weighted by Gasteiger charge is 2.33. The van der Waals surface area contributed by atoms with Crippen molar-refractivity contribution in [1.29, 1.82) is 0 Å². The molecule has 0 aromatic heterocycles. The molecule has 1 aromatic carbocycles. The Morgan fingerprint density at radius 2 is 2.00 bits per heavy atom. The summed E-state index contributed by atoms with van der Waals surface area (Å²) in [6.07, 6.45) is 3.24. The van der Waals surface area contributed by atoms with Gasteiger partial charge in [-0.3, -0.25) is 0 Å². The van der Waals surface area contributed by atoms with Gasteiger partial charge in [-0.15, -0.1) is 0 Å². The van der Waals surface area contributed by atoms with Crippen molar-refractivity contribution in [2.75, 3.05) is 13.6 Å². The Balaban J connectivity index is 1.92. The summed E-state index contributed by atoms with van der Waals surface area (Å²) in [5.74, 6) is 0.588. The fourth-order valence-corrected chi connectivity index (χ4v) is 2.62. The predicted octanol–water partition coefficient (Wildman–Crippen LogP) is 2.42. The lowest BCUT2D eigenvalue weighted by Crippen LogP contribution is -2.48. The highest BCUT2D eigenvalue weighted by molar-refractivity contribution is 5.74. The van der Waals surface area contributed by atoms with Crippen LogP contribution in [0.2, 0.25) is 0 Å². The van der Waals surface area contributed by atoms with Crippen molar-refractivity contribution >= 4 is 6.03 Å². The SMILES string of the molecule is CN(CC(C)(C)O)C(=O)NC(Cc1ccccc1)C1CC1. The lowest BCUT2D eigenvalue weighted by atomic mass is 10.0. The minimum absolute atomic E-state index is 0.107. The summed E-state index contributed by atoms with van der Waals surface area (Å²) >= 11 is 0. The number of nitrogens with zero attached hydrogens (tertiary/aromatic N) is 1. The number of urea groups is 1. The van der Waals surface area contributed by atoms with Gasteiger partial charge in [0.05, 0.1) is 12.1 Å². The molecule has 2 rings (SSSR count). The lowest BCUT2D eigenvalue weighted by Gasteiger charge is -2.28. The Morgan fingerprint density at radius 1 is 1.38 bits per heavy atom. The van der Waals surface area contributed by atoms with Crippen LogP contribution in [0.25, 0.3) is 0 Å². The van der Waals surface area contributed by atoms with Gasteiger partial charge in [0.2, 0.25) is 0 Å². The summed E-state index contributed by atoms with van der Waals surface area (Å²) in [6, 6.07) is 10.3. The molecule has 1 aromatic rings. The molecule has 4 heteroatoms. The Hall–Kier alpha value is -1.55. The van der Waals surface area contributed by atoms with Gasteiger partial charge in [-0.05, 0) is 44.6 Å². The largest absolute Gasteiger partial charge is 0.389 e. The number of likely N-dealkylation sites (N-methyl/N-ethyl adjacent to an activating group) is 1. The third-order valence-corrected chi connectivity index (χ3v) is 3.77. The van der Waals surface area contributed by atoms with Gasteiger partial charge in [-0.2, -0.15) is 0 Å². The van der Waals surface area contributed by atoms with E-state index in [0.717, 1.165) is 6.42 Å². The number of amides is 2. The molecule has 1 aliphatic carbocycles. The minimum Gasteiger partial charge on any atom is -0.389 e. The first-order valence-corrected chi connectivity index (χ1v) is 7.63. The van der Waals surface area contributed by atoms with Crippen molar-refractivity contribution < 1.29 is 9.90 Å². The second-order valence-electron chi connectivity index (χ2n) is 6.75. The molecule has 1 aliphatic rings. The van der Waals surface area contributed by atoms with Gasteiger partial charge >= 0.3 is 6.03 Å². The molecule has 1 atom stereocenters. The van der Waals surface area contributed by atoms with Crippen LogP contribution < -0.4 is 5.32 Å². The average molecular weight is 290 g/mol. The first kappa shape index (κ1) is 15.8. The van der Waals surface area contributed by atoms with E-state index >= 15 is 0 Å².